The van der Waals surface area contributed by atoms with Gasteiger partial charge in [0.2, 0.25) is 5.91 Å². The van der Waals surface area contributed by atoms with Crippen LogP contribution in [0, 0.1) is 0 Å². The predicted octanol–water partition coefficient (Wildman–Crippen LogP) is 3.16. The zero-order chi connectivity index (χ0) is 20.2. The van der Waals surface area contributed by atoms with Gasteiger partial charge in [0.15, 0.2) is 0 Å². The van der Waals surface area contributed by atoms with Crippen LogP contribution in [0.1, 0.15) is 43.5 Å². The van der Waals surface area contributed by atoms with E-state index in [0.717, 1.165) is 19.3 Å². The smallest absolute Gasteiger partial charge is 0.340 e. The monoisotopic (exact) mass is 376 g/mol. The highest BCUT2D eigenvalue weighted by atomic mass is 16.5. The van der Waals surface area contributed by atoms with Gasteiger partial charge in [0.1, 0.15) is 6.61 Å². The van der Waals surface area contributed by atoms with E-state index in [4.69, 9.17) is 9.47 Å². The van der Waals surface area contributed by atoms with E-state index in [1.807, 2.05) is 6.08 Å². The summed E-state index contributed by atoms with van der Waals surface area (Å²) in [5, 5.41) is 2.64. The second-order valence-corrected chi connectivity index (χ2v) is 5.92. The molecule has 1 rings (SSSR count). The number of rotatable bonds is 11. The average molecular weight is 376 g/mol. The van der Waals surface area contributed by atoms with Gasteiger partial charge in [-0.15, -0.1) is 6.58 Å². The molecule has 2 amide bonds. The number of hydrogen-bond donors (Lipinski definition) is 1. The molecule has 0 saturated carbocycles. The van der Waals surface area contributed by atoms with Gasteiger partial charge in [-0.05, 0) is 44.4 Å². The van der Waals surface area contributed by atoms with Gasteiger partial charge >= 0.3 is 5.97 Å². The Kier molecular flexibility index (Phi) is 9.82. The third-order valence-corrected chi connectivity index (χ3v) is 3.72. The summed E-state index contributed by atoms with van der Waals surface area (Å²) in [7, 11) is 1.55. The van der Waals surface area contributed by atoms with Gasteiger partial charge in [0.25, 0.3) is 5.91 Å². The van der Waals surface area contributed by atoms with Gasteiger partial charge < -0.3 is 19.7 Å². The van der Waals surface area contributed by atoms with Crippen LogP contribution in [0.4, 0.5) is 11.4 Å². The molecular formula is C20H28N2O5. The number of esters is 1. The van der Waals surface area contributed by atoms with E-state index in [9.17, 15) is 14.4 Å². The van der Waals surface area contributed by atoms with Gasteiger partial charge in [0.05, 0.1) is 17.9 Å². The van der Waals surface area contributed by atoms with Crippen molar-refractivity contribution in [3.8, 4) is 0 Å². The summed E-state index contributed by atoms with van der Waals surface area (Å²) < 4.78 is 10.5. The van der Waals surface area contributed by atoms with Crippen molar-refractivity contribution in [2.75, 3.05) is 37.1 Å². The second kappa shape index (κ2) is 11.9. The molecule has 0 aliphatic carbocycles. The maximum atomic E-state index is 12.4. The molecule has 0 spiro atoms. The SMILES string of the molecule is C=CCCCCOCC(=O)N(C)c1cc(NC(C)=O)ccc1C(=O)OCC. The summed E-state index contributed by atoms with van der Waals surface area (Å²) in [6.07, 6.45) is 4.56. The number of hydrogen-bond acceptors (Lipinski definition) is 5. The first-order valence-corrected chi connectivity index (χ1v) is 8.94. The maximum absolute atomic E-state index is 12.4. The second-order valence-electron chi connectivity index (χ2n) is 5.92. The van der Waals surface area contributed by atoms with Crippen molar-refractivity contribution in [1.82, 2.24) is 0 Å². The number of carbonyl (C=O) groups excluding carboxylic acids is 3. The van der Waals surface area contributed by atoms with Gasteiger partial charge in [-0.1, -0.05) is 6.08 Å². The Bertz CT molecular complexity index is 672. The normalized spacial score (nSPS) is 10.2. The fourth-order valence-electron chi connectivity index (χ4n) is 2.36. The highest BCUT2D eigenvalue weighted by molar-refractivity contribution is 6.04. The third kappa shape index (κ3) is 7.62. The summed E-state index contributed by atoms with van der Waals surface area (Å²) >= 11 is 0. The van der Waals surface area contributed by atoms with Crippen LogP contribution in [0.3, 0.4) is 0 Å². The Hall–Kier alpha value is -2.67. The Labute approximate surface area is 160 Å². The number of amides is 2. The molecule has 0 aromatic heterocycles. The van der Waals surface area contributed by atoms with E-state index in [1.54, 1.807) is 26.1 Å². The number of anilines is 2. The van der Waals surface area contributed by atoms with E-state index >= 15 is 0 Å². The van der Waals surface area contributed by atoms with Crippen LogP contribution in [0.5, 0.6) is 0 Å². The molecule has 0 saturated heterocycles. The van der Waals surface area contributed by atoms with Crippen LogP contribution in [0.25, 0.3) is 0 Å². The molecule has 0 atom stereocenters. The number of likely N-dealkylation sites (N-methyl/N-ethyl adjacent to an activating group) is 1. The van der Waals surface area contributed by atoms with E-state index in [2.05, 4.69) is 11.9 Å². The van der Waals surface area contributed by atoms with Crippen LogP contribution in [0.2, 0.25) is 0 Å². The Morgan fingerprint density at radius 3 is 2.63 bits per heavy atom. The zero-order valence-corrected chi connectivity index (χ0v) is 16.2. The standard InChI is InChI=1S/C20H28N2O5/c1-5-7-8-9-12-26-14-19(24)22(4)18-13-16(21-15(3)23)10-11-17(18)20(25)27-6-2/h5,10-11,13H,1,6-9,12,14H2,2-4H3,(H,21,23). The van der Waals surface area contributed by atoms with Crippen LogP contribution in [-0.2, 0) is 19.1 Å². The van der Waals surface area contributed by atoms with Gasteiger partial charge in [-0.25, -0.2) is 4.79 Å². The summed E-state index contributed by atoms with van der Waals surface area (Å²) in [4.78, 5) is 37.3. The molecule has 1 aromatic carbocycles. The number of unbranched alkanes of at least 4 members (excludes halogenated alkanes) is 2. The molecule has 27 heavy (non-hydrogen) atoms. The number of benzene rings is 1. The number of allylic oxidation sites excluding steroid dienone is 1. The summed E-state index contributed by atoms with van der Waals surface area (Å²) in [6, 6.07) is 4.68. The fraction of sp³-hybridized carbons (Fsp3) is 0.450. The van der Waals surface area contributed by atoms with E-state index < -0.39 is 5.97 Å². The fourth-order valence-corrected chi connectivity index (χ4v) is 2.36. The molecule has 0 fully saturated rings. The predicted molar refractivity (Wildman–Crippen MR) is 105 cm³/mol. The minimum absolute atomic E-state index is 0.1000. The maximum Gasteiger partial charge on any atom is 0.340 e. The molecule has 148 valence electrons. The van der Waals surface area contributed by atoms with Crippen molar-refractivity contribution in [3.05, 3.63) is 36.4 Å². The van der Waals surface area contributed by atoms with Crippen molar-refractivity contribution in [2.45, 2.75) is 33.1 Å². The molecule has 0 heterocycles. The van der Waals surface area contributed by atoms with Crippen LogP contribution < -0.4 is 10.2 Å². The lowest BCUT2D eigenvalue weighted by atomic mass is 10.1. The summed E-state index contributed by atoms with van der Waals surface area (Å²) in [5.41, 5.74) is 1.07. The topological polar surface area (TPSA) is 84.9 Å². The van der Waals surface area contributed by atoms with Crippen LogP contribution in [0.15, 0.2) is 30.9 Å². The Morgan fingerprint density at radius 2 is 2.00 bits per heavy atom. The van der Waals surface area contributed by atoms with E-state index in [1.165, 1.54) is 17.9 Å². The minimum atomic E-state index is -0.535. The van der Waals surface area contributed by atoms with Crippen LogP contribution in [-0.4, -0.2) is 44.7 Å². The van der Waals surface area contributed by atoms with Gasteiger partial charge in [-0.3, -0.25) is 9.59 Å². The van der Waals surface area contributed by atoms with Crippen molar-refractivity contribution >= 4 is 29.2 Å². The number of nitrogens with one attached hydrogen (secondary N) is 1. The molecule has 7 heteroatoms. The number of nitrogens with zero attached hydrogens (tertiary/aromatic N) is 1. The average Bonchev–Trinajstić information content (AvgIpc) is 2.63. The molecule has 0 radical (unpaired) electrons. The van der Waals surface area contributed by atoms with Crippen molar-refractivity contribution in [3.63, 3.8) is 0 Å². The Morgan fingerprint density at radius 1 is 1.26 bits per heavy atom. The highest BCUT2D eigenvalue weighted by Crippen LogP contribution is 2.25. The first kappa shape index (κ1) is 22.4. The molecule has 0 bridgehead atoms. The zero-order valence-electron chi connectivity index (χ0n) is 16.2. The summed E-state index contributed by atoms with van der Waals surface area (Å²) in [5.74, 6) is -1.09. The summed E-state index contributed by atoms with van der Waals surface area (Å²) in [6.45, 7) is 7.34. The third-order valence-electron chi connectivity index (χ3n) is 3.72. The molecule has 1 aromatic rings. The quantitative estimate of drug-likeness (QED) is 0.364. The van der Waals surface area contributed by atoms with Gasteiger partial charge in [0, 0.05) is 26.3 Å². The van der Waals surface area contributed by atoms with Gasteiger partial charge in [-0.2, -0.15) is 0 Å². The lowest BCUT2D eigenvalue weighted by Gasteiger charge is -2.21. The number of ether oxygens (including phenoxy) is 2. The van der Waals surface area contributed by atoms with E-state index in [0.29, 0.717) is 18.0 Å². The molecule has 0 unspecified atom stereocenters. The Balaban J connectivity index is 2.87. The van der Waals surface area contributed by atoms with Crippen molar-refractivity contribution in [1.29, 1.82) is 0 Å². The first-order valence-electron chi connectivity index (χ1n) is 8.94. The molecule has 7 nitrogen and oxygen atoms in total. The lowest BCUT2D eigenvalue weighted by molar-refractivity contribution is -0.122. The highest BCUT2D eigenvalue weighted by Gasteiger charge is 2.20. The molecule has 1 N–H and O–H groups in total. The molecular weight excluding hydrogens is 348 g/mol. The van der Waals surface area contributed by atoms with Crippen molar-refractivity contribution < 1.29 is 23.9 Å². The molecule has 0 aliphatic rings. The van der Waals surface area contributed by atoms with Crippen molar-refractivity contribution in [2.24, 2.45) is 0 Å². The van der Waals surface area contributed by atoms with E-state index in [-0.39, 0.29) is 30.6 Å². The van der Waals surface area contributed by atoms with Crippen LogP contribution >= 0.6 is 0 Å². The molecule has 0 aliphatic heterocycles. The number of carbonyl (C=O) groups is 3. The lowest BCUT2D eigenvalue weighted by Crippen LogP contribution is -2.32. The first-order chi connectivity index (χ1) is 12.9. The minimum Gasteiger partial charge on any atom is -0.462 e. The largest absolute Gasteiger partial charge is 0.462 e.